The number of hydrogen-bond acceptors (Lipinski definition) is 3. The third kappa shape index (κ3) is 6.81. The largest absolute Gasteiger partial charge is 0.378 e. The Kier molecular flexibility index (Phi) is 8.56. The molecule has 0 spiro atoms. The lowest BCUT2D eigenvalue weighted by Gasteiger charge is -2.24. The summed E-state index contributed by atoms with van der Waals surface area (Å²) in [6.45, 7) is 2.79. The third-order valence-electron chi connectivity index (χ3n) is 4.97. The van der Waals surface area contributed by atoms with E-state index in [0.717, 1.165) is 19.6 Å². The smallest absolute Gasteiger partial charge is 0.0361 e. The third-order valence-corrected chi connectivity index (χ3v) is 4.97. The van der Waals surface area contributed by atoms with Gasteiger partial charge in [-0.1, -0.05) is 54.6 Å². The first-order valence-electron chi connectivity index (χ1n) is 9.80. The Balaban J connectivity index is 0.00000300. The Morgan fingerprint density at radius 2 is 0.828 bits per heavy atom. The summed E-state index contributed by atoms with van der Waals surface area (Å²) in [6, 6.07) is 28.5. The van der Waals surface area contributed by atoms with Gasteiger partial charge in [-0.05, 0) is 41.0 Å². The van der Waals surface area contributed by atoms with E-state index in [0.29, 0.717) is 0 Å². The van der Waals surface area contributed by atoms with Crippen molar-refractivity contribution in [2.75, 3.05) is 38.0 Å². The van der Waals surface area contributed by atoms with Gasteiger partial charge in [0.15, 0.2) is 0 Å². The van der Waals surface area contributed by atoms with Gasteiger partial charge in [0.2, 0.25) is 0 Å². The van der Waals surface area contributed by atoms with E-state index < -0.39 is 0 Å². The van der Waals surface area contributed by atoms with Crippen molar-refractivity contribution in [3.63, 3.8) is 0 Å². The van der Waals surface area contributed by atoms with Gasteiger partial charge in [0.05, 0.1) is 0 Å². The van der Waals surface area contributed by atoms with Crippen LogP contribution in [0.25, 0.3) is 0 Å². The Hall–Kier alpha value is -2.49. The summed E-state index contributed by atoms with van der Waals surface area (Å²) < 4.78 is 0. The first kappa shape index (κ1) is 22.8. The van der Waals surface area contributed by atoms with E-state index >= 15 is 0 Å². The summed E-state index contributed by atoms with van der Waals surface area (Å²) in [5.74, 6) is 0. The number of hydrogen-bond donors (Lipinski definition) is 0. The molecule has 0 heterocycles. The maximum atomic E-state index is 2.50. The summed E-state index contributed by atoms with van der Waals surface area (Å²) in [6.07, 6.45) is 0. The lowest BCUT2D eigenvalue weighted by molar-refractivity contribution is 0.248. The summed E-state index contributed by atoms with van der Waals surface area (Å²) in [5, 5.41) is 0. The number of benzene rings is 3. The van der Waals surface area contributed by atoms with Gasteiger partial charge in [-0.2, -0.15) is 0 Å². The van der Waals surface area contributed by atoms with Crippen LogP contribution in [0, 0.1) is 0 Å². The van der Waals surface area contributed by atoms with E-state index in [1.54, 1.807) is 0 Å². The predicted octanol–water partition coefficient (Wildman–Crippen LogP) is 5.44. The van der Waals surface area contributed by atoms with E-state index in [1.807, 2.05) is 0 Å². The fraction of sp³-hybridized carbons (Fsp3) is 0.280. The zero-order valence-corrected chi connectivity index (χ0v) is 18.7. The minimum atomic E-state index is 0. The Labute approximate surface area is 182 Å². The zero-order valence-electron chi connectivity index (χ0n) is 17.9. The van der Waals surface area contributed by atoms with Crippen LogP contribution in [0.4, 0.5) is 11.4 Å². The Bertz CT molecular complexity index is 790. The van der Waals surface area contributed by atoms with E-state index in [-0.39, 0.29) is 12.4 Å². The normalized spacial score (nSPS) is 10.5. The molecule has 0 saturated carbocycles. The molecule has 0 aromatic heterocycles. The molecule has 0 fully saturated rings. The molecule has 3 nitrogen and oxygen atoms in total. The Morgan fingerprint density at radius 1 is 0.483 bits per heavy atom. The van der Waals surface area contributed by atoms with Gasteiger partial charge in [0.25, 0.3) is 0 Å². The molecule has 154 valence electrons. The fourth-order valence-corrected chi connectivity index (χ4v) is 3.32. The molecule has 0 unspecified atom stereocenters. The highest BCUT2D eigenvalue weighted by molar-refractivity contribution is 5.85. The van der Waals surface area contributed by atoms with E-state index in [1.165, 1.54) is 28.1 Å². The maximum Gasteiger partial charge on any atom is 0.0361 e. The quantitative estimate of drug-likeness (QED) is 0.490. The molecule has 3 aromatic rings. The highest BCUT2D eigenvalue weighted by Crippen LogP contribution is 2.19. The van der Waals surface area contributed by atoms with Gasteiger partial charge in [-0.3, -0.25) is 4.90 Å². The zero-order chi connectivity index (χ0) is 19.9. The molecule has 0 atom stereocenters. The van der Waals surface area contributed by atoms with E-state index in [9.17, 15) is 0 Å². The molecule has 3 aromatic carbocycles. The van der Waals surface area contributed by atoms with E-state index in [2.05, 4.69) is 122 Å². The summed E-state index contributed by atoms with van der Waals surface area (Å²) in [7, 11) is 8.31. The van der Waals surface area contributed by atoms with Crippen molar-refractivity contribution in [2.45, 2.75) is 19.6 Å². The summed E-state index contributed by atoms with van der Waals surface area (Å²) in [5.41, 5.74) is 6.49. The molecular weight excluding hydrogens is 378 g/mol. The average molecular weight is 410 g/mol. The van der Waals surface area contributed by atoms with Gasteiger partial charge in [-0.25, -0.2) is 0 Å². The van der Waals surface area contributed by atoms with Gasteiger partial charge in [0.1, 0.15) is 0 Å². The second-order valence-electron chi connectivity index (χ2n) is 7.75. The number of anilines is 2. The van der Waals surface area contributed by atoms with Crippen molar-refractivity contribution in [2.24, 2.45) is 0 Å². The van der Waals surface area contributed by atoms with Crippen LogP contribution < -0.4 is 9.80 Å². The van der Waals surface area contributed by atoms with Crippen molar-refractivity contribution in [1.29, 1.82) is 0 Å². The van der Waals surface area contributed by atoms with Crippen molar-refractivity contribution in [3.8, 4) is 0 Å². The highest BCUT2D eigenvalue weighted by atomic mass is 35.5. The minimum Gasteiger partial charge on any atom is -0.378 e. The molecule has 0 aliphatic rings. The van der Waals surface area contributed by atoms with Gasteiger partial charge < -0.3 is 9.80 Å². The minimum absolute atomic E-state index is 0. The fourth-order valence-electron chi connectivity index (χ4n) is 3.32. The van der Waals surface area contributed by atoms with Crippen molar-refractivity contribution in [1.82, 2.24) is 4.90 Å². The van der Waals surface area contributed by atoms with Crippen LogP contribution in [0.15, 0.2) is 78.9 Å². The molecule has 4 heteroatoms. The SMILES string of the molecule is CN(C)c1ccc(CN(Cc2ccccc2)Cc2ccc(N(C)C)cc2)cc1.Cl. The first-order valence-corrected chi connectivity index (χ1v) is 9.80. The van der Waals surface area contributed by atoms with Crippen LogP contribution in [-0.2, 0) is 19.6 Å². The van der Waals surface area contributed by atoms with Crippen LogP contribution >= 0.6 is 12.4 Å². The van der Waals surface area contributed by atoms with Gasteiger partial charge in [-0.15, -0.1) is 12.4 Å². The number of nitrogens with zero attached hydrogens (tertiary/aromatic N) is 3. The summed E-state index contributed by atoms with van der Waals surface area (Å²) in [4.78, 5) is 6.78. The lowest BCUT2D eigenvalue weighted by Crippen LogP contribution is -2.22. The molecule has 0 bridgehead atoms. The molecule has 0 aliphatic carbocycles. The van der Waals surface area contributed by atoms with Gasteiger partial charge in [0, 0.05) is 59.2 Å². The average Bonchev–Trinajstić information content (AvgIpc) is 2.69. The lowest BCUT2D eigenvalue weighted by atomic mass is 10.1. The molecule has 29 heavy (non-hydrogen) atoms. The van der Waals surface area contributed by atoms with Crippen LogP contribution in [0.2, 0.25) is 0 Å². The molecule has 0 N–H and O–H groups in total. The second-order valence-corrected chi connectivity index (χ2v) is 7.75. The Morgan fingerprint density at radius 3 is 1.17 bits per heavy atom. The highest BCUT2D eigenvalue weighted by Gasteiger charge is 2.09. The summed E-state index contributed by atoms with van der Waals surface area (Å²) >= 11 is 0. The van der Waals surface area contributed by atoms with Crippen molar-refractivity contribution in [3.05, 3.63) is 95.6 Å². The topological polar surface area (TPSA) is 9.72 Å². The molecule has 3 rings (SSSR count). The van der Waals surface area contributed by atoms with Crippen molar-refractivity contribution >= 4 is 23.8 Å². The molecular formula is C25H32ClN3. The van der Waals surface area contributed by atoms with Crippen LogP contribution in [0.5, 0.6) is 0 Å². The van der Waals surface area contributed by atoms with Crippen LogP contribution in [-0.4, -0.2) is 33.1 Å². The van der Waals surface area contributed by atoms with E-state index in [4.69, 9.17) is 0 Å². The molecule has 0 amide bonds. The predicted molar refractivity (Wildman–Crippen MR) is 128 cm³/mol. The molecule has 0 saturated heterocycles. The maximum absolute atomic E-state index is 2.50. The van der Waals surface area contributed by atoms with Crippen molar-refractivity contribution < 1.29 is 0 Å². The molecule has 0 aliphatic heterocycles. The second kappa shape index (κ2) is 10.9. The van der Waals surface area contributed by atoms with Crippen LogP contribution in [0.1, 0.15) is 16.7 Å². The number of rotatable bonds is 8. The monoisotopic (exact) mass is 409 g/mol. The first-order chi connectivity index (χ1) is 13.5. The van der Waals surface area contributed by atoms with Crippen LogP contribution in [0.3, 0.4) is 0 Å². The van der Waals surface area contributed by atoms with Gasteiger partial charge >= 0.3 is 0 Å². The standard InChI is InChI=1S/C25H31N3.ClH/c1-26(2)24-14-10-22(11-15-24)19-28(18-21-8-6-5-7-9-21)20-23-12-16-25(17-13-23)27(3)4;/h5-17H,18-20H2,1-4H3;1H. The molecule has 0 radical (unpaired) electrons. The number of halogens is 1.